The summed E-state index contributed by atoms with van der Waals surface area (Å²) < 4.78 is 0. The predicted molar refractivity (Wildman–Crippen MR) is 122 cm³/mol. The molecule has 1 atom stereocenters. The molecule has 1 unspecified atom stereocenters. The zero-order valence-corrected chi connectivity index (χ0v) is 19.0. The fourth-order valence-corrected chi connectivity index (χ4v) is 4.12. The molecule has 2 saturated heterocycles. The normalized spacial score (nSPS) is 19.8. The highest BCUT2D eigenvalue weighted by atomic mass is 35.5. The third kappa shape index (κ3) is 5.99. The maximum Gasteiger partial charge on any atom is 0.253 e. The molecule has 2 aliphatic heterocycles. The number of piperidine rings is 1. The number of nitrogens with zero attached hydrogens (tertiary/aromatic N) is 3. The number of halogens is 2. The van der Waals surface area contributed by atoms with Crippen LogP contribution < -0.4 is 10.6 Å². The number of hydrogen-bond acceptors (Lipinski definition) is 4. The van der Waals surface area contributed by atoms with Crippen molar-refractivity contribution in [2.24, 2.45) is 11.7 Å². The molecule has 5 nitrogen and oxygen atoms in total. The number of anilines is 1. The molecule has 7 heteroatoms. The molecule has 2 fully saturated rings. The Morgan fingerprint density at radius 2 is 1.46 bits per heavy atom. The molecular formula is C21H36Cl2N4O. The number of carbonyl (C=O) groups excluding carboxylic acids is 1. The van der Waals surface area contributed by atoms with Crippen molar-refractivity contribution in [2.75, 3.05) is 44.2 Å². The minimum Gasteiger partial charge on any atom is -0.369 e. The average Bonchev–Trinajstić information content (AvgIpc) is 2.67. The average molecular weight is 431 g/mol. The summed E-state index contributed by atoms with van der Waals surface area (Å²) in [6.07, 6.45) is 2.03. The molecule has 3 rings (SSSR count). The van der Waals surface area contributed by atoms with E-state index in [4.69, 9.17) is 5.73 Å². The lowest BCUT2D eigenvalue weighted by molar-refractivity contribution is 0.0681. The third-order valence-corrected chi connectivity index (χ3v) is 6.09. The van der Waals surface area contributed by atoms with Crippen molar-refractivity contribution in [2.45, 2.75) is 45.7 Å². The molecule has 0 aromatic heterocycles. The zero-order valence-electron chi connectivity index (χ0n) is 17.3. The van der Waals surface area contributed by atoms with Gasteiger partial charge >= 0.3 is 0 Å². The van der Waals surface area contributed by atoms with Crippen LogP contribution in [0.3, 0.4) is 0 Å². The summed E-state index contributed by atoms with van der Waals surface area (Å²) in [5.74, 6) is 0.704. The Morgan fingerprint density at radius 1 is 0.929 bits per heavy atom. The molecule has 0 spiro atoms. The van der Waals surface area contributed by atoms with Gasteiger partial charge in [0.05, 0.1) is 0 Å². The van der Waals surface area contributed by atoms with Crippen molar-refractivity contribution in [1.82, 2.24) is 9.80 Å². The molecule has 160 valence electrons. The van der Waals surface area contributed by atoms with E-state index in [2.05, 4.69) is 42.7 Å². The first-order valence-electron chi connectivity index (χ1n) is 10.1. The first-order valence-corrected chi connectivity index (χ1v) is 10.1. The van der Waals surface area contributed by atoms with E-state index in [-0.39, 0.29) is 36.8 Å². The highest BCUT2D eigenvalue weighted by Gasteiger charge is 2.25. The van der Waals surface area contributed by atoms with Gasteiger partial charge in [-0.15, -0.1) is 24.8 Å². The Bertz CT molecular complexity index is 593. The van der Waals surface area contributed by atoms with Gasteiger partial charge in [-0.1, -0.05) is 0 Å². The minimum absolute atomic E-state index is 0. The van der Waals surface area contributed by atoms with E-state index in [9.17, 15) is 4.79 Å². The van der Waals surface area contributed by atoms with E-state index in [1.54, 1.807) is 0 Å². The van der Waals surface area contributed by atoms with Crippen LogP contribution in [0.1, 0.15) is 44.0 Å². The number of piperazine rings is 1. The Kier molecular flexibility index (Phi) is 10.1. The van der Waals surface area contributed by atoms with Crippen molar-refractivity contribution >= 4 is 36.4 Å². The Morgan fingerprint density at radius 3 is 1.93 bits per heavy atom. The first kappa shape index (κ1) is 25.0. The van der Waals surface area contributed by atoms with Gasteiger partial charge in [-0.2, -0.15) is 0 Å². The maximum absolute atomic E-state index is 12.8. The van der Waals surface area contributed by atoms with Gasteiger partial charge in [0, 0.05) is 62.6 Å². The summed E-state index contributed by atoms with van der Waals surface area (Å²) in [6.45, 7) is 12.5. The lowest BCUT2D eigenvalue weighted by Crippen LogP contribution is -2.48. The molecule has 0 radical (unpaired) electrons. The second-order valence-corrected chi connectivity index (χ2v) is 8.15. The van der Waals surface area contributed by atoms with E-state index in [0.29, 0.717) is 12.0 Å². The second-order valence-electron chi connectivity index (χ2n) is 8.15. The van der Waals surface area contributed by atoms with Crippen LogP contribution >= 0.6 is 24.8 Å². The van der Waals surface area contributed by atoms with Crippen LogP contribution in [0, 0.1) is 5.92 Å². The number of carbonyl (C=O) groups is 1. The summed E-state index contributed by atoms with van der Waals surface area (Å²) in [5.41, 5.74) is 8.02. The van der Waals surface area contributed by atoms with Crippen LogP contribution in [0.25, 0.3) is 0 Å². The Hall–Kier alpha value is -1.01. The van der Waals surface area contributed by atoms with E-state index in [1.807, 2.05) is 17.0 Å². The molecule has 2 N–H and O–H groups in total. The van der Waals surface area contributed by atoms with Crippen molar-refractivity contribution in [1.29, 1.82) is 0 Å². The molecule has 28 heavy (non-hydrogen) atoms. The number of rotatable bonds is 4. The number of benzene rings is 1. The quantitative estimate of drug-likeness (QED) is 0.795. The van der Waals surface area contributed by atoms with Gasteiger partial charge in [0.1, 0.15) is 0 Å². The molecule has 2 aliphatic rings. The topological polar surface area (TPSA) is 52.8 Å². The van der Waals surface area contributed by atoms with Gasteiger partial charge in [0.2, 0.25) is 0 Å². The standard InChI is InChI=1S/C21H34N4O.2ClH/c1-16(2)23-12-14-24(15-13-23)20-6-4-19(5-7-20)21(26)25-10-8-18(9-11-25)17(3)22;;/h4-7,16-18H,8-15,22H2,1-3H3;2*1H. The van der Waals surface area contributed by atoms with E-state index in [0.717, 1.165) is 57.7 Å². The number of hydrogen-bond donors (Lipinski definition) is 1. The maximum atomic E-state index is 12.8. The van der Waals surface area contributed by atoms with E-state index >= 15 is 0 Å². The molecule has 1 aromatic carbocycles. The summed E-state index contributed by atoms with van der Waals surface area (Å²) in [7, 11) is 0. The molecule has 2 heterocycles. The van der Waals surface area contributed by atoms with Crippen molar-refractivity contribution in [3.8, 4) is 0 Å². The Labute approximate surface area is 182 Å². The van der Waals surface area contributed by atoms with E-state index < -0.39 is 0 Å². The number of likely N-dealkylation sites (tertiary alicyclic amines) is 1. The van der Waals surface area contributed by atoms with Gasteiger partial charge in [0.15, 0.2) is 0 Å². The summed E-state index contributed by atoms with van der Waals surface area (Å²) in [4.78, 5) is 19.7. The van der Waals surface area contributed by atoms with Gasteiger partial charge in [-0.25, -0.2) is 0 Å². The van der Waals surface area contributed by atoms with Crippen LogP contribution in [-0.4, -0.2) is 67.1 Å². The van der Waals surface area contributed by atoms with Gasteiger partial charge in [-0.3, -0.25) is 9.69 Å². The van der Waals surface area contributed by atoms with Crippen LogP contribution in [0.2, 0.25) is 0 Å². The monoisotopic (exact) mass is 430 g/mol. The zero-order chi connectivity index (χ0) is 18.7. The largest absolute Gasteiger partial charge is 0.369 e. The molecule has 1 amide bonds. The molecule has 1 aromatic rings. The smallest absolute Gasteiger partial charge is 0.253 e. The van der Waals surface area contributed by atoms with Crippen LogP contribution in [0.4, 0.5) is 5.69 Å². The molecule has 0 aliphatic carbocycles. The fourth-order valence-electron chi connectivity index (χ4n) is 4.12. The molecular weight excluding hydrogens is 395 g/mol. The van der Waals surface area contributed by atoms with Crippen LogP contribution in [-0.2, 0) is 0 Å². The second kappa shape index (κ2) is 11.2. The number of amides is 1. The summed E-state index contributed by atoms with van der Waals surface area (Å²) in [5, 5.41) is 0. The molecule has 0 saturated carbocycles. The lowest BCUT2D eigenvalue weighted by Gasteiger charge is -2.38. The Balaban J connectivity index is 0.00000196. The molecule has 0 bridgehead atoms. The summed E-state index contributed by atoms with van der Waals surface area (Å²) >= 11 is 0. The minimum atomic E-state index is 0. The third-order valence-electron chi connectivity index (χ3n) is 6.09. The first-order chi connectivity index (χ1) is 12.5. The van der Waals surface area contributed by atoms with Crippen molar-refractivity contribution < 1.29 is 4.79 Å². The van der Waals surface area contributed by atoms with Gasteiger partial charge < -0.3 is 15.5 Å². The van der Waals surface area contributed by atoms with E-state index in [1.165, 1.54) is 5.69 Å². The van der Waals surface area contributed by atoms with Crippen LogP contribution in [0.5, 0.6) is 0 Å². The van der Waals surface area contributed by atoms with Crippen molar-refractivity contribution in [3.05, 3.63) is 29.8 Å². The lowest BCUT2D eigenvalue weighted by atomic mass is 9.90. The summed E-state index contributed by atoms with van der Waals surface area (Å²) in [6, 6.07) is 9.03. The predicted octanol–water partition coefficient (Wildman–Crippen LogP) is 3.26. The highest BCUT2D eigenvalue weighted by Crippen LogP contribution is 2.23. The van der Waals surface area contributed by atoms with Gasteiger partial charge in [0.25, 0.3) is 5.91 Å². The fraction of sp³-hybridized carbons (Fsp3) is 0.667. The highest BCUT2D eigenvalue weighted by molar-refractivity contribution is 5.94. The van der Waals surface area contributed by atoms with Crippen molar-refractivity contribution in [3.63, 3.8) is 0 Å². The number of nitrogens with two attached hydrogens (primary N) is 1. The van der Waals surface area contributed by atoms with Gasteiger partial charge in [-0.05, 0) is 63.8 Å². The SMILES string of the molecule is CC(N)C1CCN(C(=O)c2ccc(N3CCN(C(C)C)CC3)cc2)CC1.Cl.Cl. The van der Waals surface area contributed by atoms with Crippen LogP contribution in [0.15, 0.2) is 24.3 Å².